The summed E-state index contributed by atoms with van der Waals surface area (Å²) in [4.78, 5) is 12.5. The van der Waals surface area contributed by atoms with Crippen LogP contribution in [0.25, 0.3) is 0 Å². The van der Waals surface area contributed by atoms with Crippen LogP contribution < -0.4 is 0 Å². The van der Waals surface area contributed by atoms with Crippen LogP contribution in [0.1, 0.15) is 12.8 Å². The molecule has 0 atom stereocenters. The number of hydrogen-bond donors (Lipinski definition) is 0. The molecule has 1 heterocycles. The summed E-state index contributed by atoms with van der Waals surface area (Å²) < 4.78 is 0. The quantitative estimate of drug-likeness (QED) is 0.525. The molecule has 0 aromatic carbocycles. The Morgan fingerprint density at radius 2 is 1.64 bits per heavy atom. The molecule has 0 bridgehead atoms. The fourth-order valence-electron chi connectivity index (χ4n) is 1.35. The highest BCUT2D eigenvalue weighted by Crippen LogP contribution is 2.01. The minimum Gasteiger partial charge on any atom is -0.306 e. The van der Waals surface area contributed by atoms with E-state index in [0.717, 1.165) is 39.0 Å². The average Bonchev–Trinajstić information content (AvgIpc) is 1.96. The molecule has 11 heavy (non-hydrogen) atoms. The summed E-state index contributed by atoms with van der Waals surface area (Å²) in [7, 11) is 2.12. The fourth-order valence-corrected chi connectivity index (χ4v) is 1.35. The molecule has 1 rings (SSSR count). The lowest BCUT2D eigenvalue weighted by molar-refractivity contribution is 0.205. The van der Waals surface area contributed by atoms with Crippen LogP contribution in [0.3, 0.4) is 0 Å². The zero-order valence-corrected chi connectivity index (χ0v) is 6.99. The van der Waals surface area contributed by atoms with Gasteiger partial charge in [0.1, 0.15) is 0 Å². The van der Waals surface area contributed by atoms with Crippen LogP contribution in [0.2, 0.25) is 0 Å². The lowest BCUT2D eigenvalue weighted by Gasteiger charge is -2.23. The van der Waals surface area contributed by atoms with Gasteiger partial charge in [0.15, 0.2) is 0 Å². The topological polar surface area (TPSA) is 35.9 Å². The molecule has 4 heteroatoms. The first-order chi connectivity index (χ1) is 5.33. The Kier molecular flexibility index (Phi) is 3.29. The summed E-state index contributed by atoms with van der Waals surface area (Å²) in [6.07, 6.45) is 2.09. The molecule has 0 unspecified atom stereocenters. The highest BCUT2D eigenvalue weighted by atomic mass is 16.3. The van der Waals surface area contributed by atoms with Crippen molar-refractivity contribution in [2.45, 2.75) is 12.8 Å². The van der Waals surface area contributed by atoms with Gasteiger partial charge in [0, 0.05) is 13.1 Å². The molecule has 0 amide bonds. The van der Waals surface area contributed by atoms with Gasteiger partial charge >= 0.3 is 0 Å². The second-order valence-electron chi connectivity index (χ2n) is 3.05. The second-order valence-corrected chi connectivity index (χ2v) is 3.05. The van der Waals surface area contributed by atoms with Crippen LogP contribution in [0.5, 0.6) is 0 Å². The summed E-state index contributed by atoms with van der Waals surface area (Å²) in [6.45, 7) is 3.78. The Hall–Kier alpha value is -0.640. The molecule has 0 N–H and O–H groups in total. The first-order valence-electron chi connectivity index (χ1n) is 4.09. The zero-order chi connectivity index (χ0) is 8.10. The number of nitroso groups, excluding NO2 is 1. The van der Waals surface area contributed by atoms with Gasteiger partial charge in [-0.25, -0.2) is 0 Å². The molecular weight excluding hydrogens is 142 g/mol. The van der Waals surface area contributed by atoms with Crippen molar-refractivity contribution in [1.29, 1.82) is 0 Å². The van der Waals surface area contributed by atoms with Crippen LogP contribution in [0, 0.1) is 4.91 Å². The molecular formula is C7H15N3O. The Balaban J connectivity index is 2.28. The predicted octanol–water partition coefficient (Wildman–Crippen LogP) is 0.695. The normalized spacial score (nSPS) is 22.5. The van der Waals surface area contributed by atoms with Crippen molar-refractivity contribution in [3.8, 4) is 0 Å². The van der Waals surface area contributed by atoms with Crippen molar-refractivity contribution in [3.63, 3.8) is 0 Å². The van der Waals surface area contributed by atoms with Gasteiger partial charge in [-0.3, -0.25) is 5.01 Å². The number of hydrogen-bond acceptors (Lipinski definition) is 3. The molecule has 4 nitrogen and oxygen atoms in total. The van der Waals surface area contributed by atoms with Gasteiger partial charge in [0.25, 0.3) is 0 Å². The van der Waals surface area contributed by atoms with Crippen molar-refractivity contribution < 1.29 is 0 Å². The molecule has 1 fully saturated rings. The van der Waals surface area contributed by atoms with E-state index in [4.69, 9.17) is 0 Å². The molecule has 0 aliphatic carbocycles. The molecule has 1 saturated heterocycles. The second kappa shape index (κ2) is 4.28. The summed E-state index contributed by atoms with van der Waals surface area (Å²) in [5, 5.41) is 4.56. The Bertz CT molecular complexity index is 119. The maximum Gasteiger partial charge on any atom is 0.0523 e. The molecule has 0 spiro atoms. The molecule has 0 saturated carbocycles. The third-order valence-electron chi connectivity index (χ3n) is 2.03. The average molecular weight is 157 g/mol. The van der Waals surface area contributed by atoms with Gasteiger partial charge in [-0.2, -0.15) is 0 Å². The van der Waals surface area contributed by atoms with Gasteiger partial charge in [0.2, 0.25) is 0 Å². The van der Waals surface area contributed by atoms with E-state index >= 15 is 0 Å². The summed E-state index contributed by atoms with van der Waals surface area (Å²) >= 11 is 0. The highest BCUT2D eigenvalue weighted by Gasteiger charge is 2.08. The third-order valence-corrected chi connectivity index (χ3v) is 2.03. The van der Waals surface area contributed by atoms with Crippen LogP contribution in [-0.4, -0.2) is 43.1 Å². The van der Waals surface area contributed by atoms with Gasteiger partial charge < -0.3 is 4.90 Å². The van der Waals surface area contributed by atoms with E-state index in [2.05, 4.69) is 17.2 Å². The maximum absolute atomic E-state index is 10.2. The third kappa shape index (κ3) is 2.84. The van der Waals surface area contributed by atoms with Crippen molar-refractivity contribution in [2.24, 2.45) is 5.29 Å². The zero-order valence-electron chi connectivity index (χ0n) is 6.99. The molecule has 0 aromatic rings. The van der Waals surface area contributed by atoms with Crippen molar-refractivity contribution in [2.75, 3.05) is 33.2 Å². The molecule has 64 valence electrons. The highest BCUT2D eigenvalue weighted by molar-refractivity contribution is 4.61. The van der Waals surface area contributed by atoms with E-state index in [1.807, 2.05) is 0 Å². The fraction of sp³-hybridized carbons (Fsp3) is 1.00. The van der Waals surface area contributed by atoms with Crippen molar-refractivity contribution in [1.82, 2.24) is 9.91 Å². The number of nitrogens with zero attached hydrogens (tertiary/aromatic N) is 3. The molecule has 1 aliphatic heterocycles. The Labute approximate surface area is 67.1 Å². The van der Waals surface area contributed by atoms with Crippen LogP contribution in [0.4, 0.5) is 0 Å². The lowest BCUT2D eigenvalue weighted by Crippen LogP contribution is -2.31. The maximum atomic E-state index is 10.2. The van der Waals surface area contributed by atoms with Gasteiger partial charge in [-0.1, -0.05) is 0 Å². The SMILES string of the molecule is CN1CCCN(N=O)CCC1. The molecule has 0 aromatic heterocycles. The molecule has 1 aliphatic rings. The van der Waals surface area contributed by atoms with E-state index in [1.165, 1.54) is 0 Å². The van der Waals surface area contributed by atoms with Gasteiger partial charge in [-0.05, 0) is 33.0 Å². The van der Waals surface area contributed by atoms with E-state index in [9.17, 15) is 4.91 Å². The van der Waals surface area contributed by atoms with Gasteiger partial charge in [-0.15, -0.1) is 4.91 Å². The van der Waals surface area contributed by atoms with Gasteiger partial charge in [0.05, 0.1) is 5.29 Å². The Morgan fingerprint density at radius 3 is 2.09 bits per heavy atom. The van der Waals surface area contributed by atoms with E-state index in [0.29, 0.717) is 0 Å². The molecule has 0 radical (unpaired) electrons. The largest absolute Gasteiger partial charge is 0.306 e. The standard InChI is InChI=1S/C7H15N3O/c1-9-4-2-6-10(8-11)7-3-5-9/h2-7H2,1H3. The Morgan fingerprint density at radius 1 is 1.09 bits per heavy atom. The van der Waals surface area contributed by atoms with Crippen LogP contribution in [-0.2, 0) is 0 Å². The van der Waals surface area contributed by atoms with Crippen molar-refractivity contribution in [3.05, 3.63) is 4.91 Å². The summed E-state index contributed by atoms with van der Waals surface area (Å²) in [5.74, 6) is 0. The first-order valence-corrected chi connectivity index (χ1v) is 4.09. The van der Waals surface area contributed by atoms with E-state index in [-0.39, 0.29) is 0 Å². The lowest BCUT2D eigenvalue weighted by atomic mass is 10.3. The summed E-state index contributed by atoms with van der Waals surface area (Å²) in [6, 6.07) is 0. The van der Waals surface area contributed by atoms with Crippen LogP contribution >= 0.6 is 0 Å². The summed E-state index contributed by atoms with van der Waals surface area (Å²) in [5.41, 5.74) is 0. The smallest absolute Gasteiger partial charge is 0.0523 e. The van der Waals surface area contributed by atoms with E-state index in [1.54, 1.807) is 5.01 Å². The first kappa shape index (κ1) is 8.46. The number of rotatable bonds is 1. The predicted molar refractivity (Wildman–Crippen MR) is 44.1 cm³/mol. The monoisotopic (exact) mass is 157 g/mol. The minimum absolute atomic E-state index is 0.813. The minimum atomic E-state index is 0.813. The van der Waals surface area contributed by atoms with Crippen molar-refractivity contribution >= 4 is 0 Å². The van der Waals surface area contributed by atoms with Crippen LogP contribution in [0.15, 0.2) is 5.29 Å². The van der Waals surface area contributed by atoms with E-state index < -0.39 is 0 Å².